The molecule has 0 bridgehead atoms. The van der Waals surface area contributed by atoms with Crippen molar-refractivity contribution in [3.8, 4) is 0 Å². The summed E-state index contributed by atoms with van der Waals surface area (Å²) in [6.07, 6.45) is 0. The predicted molar refractivity (Wildman–Crippen MR) is 110 cm³/mol. The Balaban J connectivity index is 1.56. The number of carbonyl (C=O) groups is 2. The van der Waals surface area contributed by atoms with Crippen LogP contribution in [-0.2, 0) is 26.6 Å². The van der Waals surface area contributed by atoms with E-state index in [9.17, 15) is 14.4 Å². The fourth-order valence-electron chi connectivity index (χ4n) is 2.56. The molecule has 10 heteroatoms. The van der Waals surface area contributed by atoms with E-state index in [1.165, 1.54) is 36.3 Å². The molecular weight excluding hydrogens is 416 g/mol. The maximum atomic E-state index is 12.3. The van der Waals surface area contributed by atoms with Crippen molar-refractivity contribution in [2.75, 3.05) is 7.11 Å². The molecular formula is C19H20N2O6S2. The van der Waals surface area contributed by atoms with Crippen LogP contribution in [0.1, 0.15) is 39.5 Å². The van der Waals surface area contributed by atoms with Crippen molar-refractivity contribution >= 4 is 45.3 Å². The third-order valence-corrected chi connectivity index (χ3v) is 6.53. The average Bonchev–Trinajstić information content (AvgIpc) is 3.28. The van der Waals surface area contributed by atoms with Gasteiger partial charge in [0.05, 0.1) is 18.2 Å². The number of nitrogens with one attached hydrogen (secondary N) is 1. The van der Waals surface area contributed by atoms with Gasteiger partial charge in [-0.15, -0.1) is 23.1 Å². The third-order valence-electron chi connectivity index (χ3n) is 4.30. The number of fused-ring (bicyclic) bond motifs is 1. The number of aromatic amines is 1. The largest absolute Gasteiger partial charge is 0.463 e. The molecule has 1 N–H and O–H groups in total. The van der Waals surface area contributed by atoms with Crippen molar-refractivity contribution in [1.82, 2.24) is 9.97 Å². The highest BCUT2D eigenvalue weighted by molar-refractivity contribution is 7.99. The van der Waals surface area contributed by atoms with E-state index in [0.717, 1.165) is 10.4 Å². The molecule has 0 aromatic carbocycles. The molecule has 1 unspecified atom stereocenters. The van der Waals surface area contributed by atoms with E-state index in [4.69, 9.17) is 9.15 Å². The van der Waals surface area contributed by atoms with Gasteiger partial charge in [0.25, 0.3) is 5.56 Å². The number of esters is 2. The Morgan fingerprint density at radius 2 is 2.10 bits per heavy atom. The number of aromatic nitrogens is 2. The molecule has 0 amide bonds. The van der Waals surface area contributed by atoms with E-state index in [1.807, 2.05) is 13.8 Å². The molecule has 8 nitrogen and oxygen atoms in total. The molecule has 1 atom stereocenters. The number of ether oxygens (including phenoxy) is 2. The summed E-state index contributed by atoms with van der Waals surface area (Å²) in [5.41, 5.74) is 0.782. The second kappa shape index (κ2) is 8.83. The van der Waals surface area contributed by atoms with E-state index in [-0.39, 0.29) is 17.9 Å². The molecule has 0 saturated heterocycles. The molecule has 0 aliphatic heterocycles. The van der Waals surface area contributed by atoms with Crippen LogP contribution in [0.3, 0.4) is 0 Å². The van der Waals surface area contributed by atoms with Crippen molar-refractivity contribution in [3.63, 3.8) is 0 Å². The van der Waals surface area contributed by atoms with Crippen LogP contribution in [0.2, 0.25) is 0 Å². The molecule has 29 heavy (non-hydrogen) atoms. The highest BCUT2D eigenvalue weighted by atomic mass is 32.2. The smallest absolute Gasteiger partial charge is 0.373 e. The third kappa shape index (κ3) is 4.70. The van der Waals surface area contributed by atoms with Gasteiger partial charge in [-0.3, -0.25) is 9.59 Å². The summed E-state index contributed by atoms with van der Waals surface area (Å²) < 4.78 is 15.0. The first-order chi connectivity index (χ1) is 13.8. The Bertz CT molecular complexity index is 1110. The lowest BCUT2D eigenvalue weighted by molar-refractivity contribution is -0.144. The highest BCUT2D eigenvalue weighted by Gasteiger charge is 2.18. The number of hydrogen-bond donors (Lipinski definition) is 1. The lowest BCUT2D eigenvalue weighted by Crippen LogP contribution is -2.18. The number of rotatable bonds is 7. The van der Waals surface area contributed by atoms with Gasteiger partial charge in [-0.25, -0.2) is 9.78 Å². The van der Waals surface area contributed by atoms with E-state index < -0.39 is 17.2 Å². The molecule has 0 aliphatic rings. The molecule has 154 valence electrons. The average molecular weight is 437 g/mol. The minimum atomic E-state index is -0.596. The number of aryl methyl sites for hydroxylation is 2. The number of H-pyrrole nitrogens is 1. The zero-order chi connectivity index (χ0) is 21.1. The van der Waals surface area contributed by atoms with Crippen molar-refractivity contribution in [1.29, 1.82) is 0 Å². The highest BCUT2D eigenvalue weighted by Crippen LogP contribution is 2.26. The summed E-state index contributed by atoms with van der Waals surface area (Å²) in [7, 11) is 1.25. The summed E-state index contributed by atoms with van der Waals surface area (Å²) in [5, 5.41) is 0.149. The van der Waals surface area contributed by atoms with Crippen LogP contribution in [0, 0.1) is 13.8 Å². The monoisotopic (exact) mass is 436 g/mol. The summed E-state index contributed by atoms with van der Waals surface area (Å²) >= 11 is 2.79. The lowest BCUT2D eigenvalue weighted by Gasteiger charge is -2.10. The molecule has 0 saturated carbocycles. The zero-order valence-corrected chi connectivity index (χ0v) is 18.0. The Hall–Kier alpha value is -2.59. The molecule has 3 rings (SSSR count). The topological polar surface area (TPSA) is 111 Å². The molecule has 3 aromatic rings. The number of methoxy groups -OCH3 is 1. The first-order valence-corrected chi connectivity index (χ1v) is 10.6. The minimum absolute atomic E-state index is 0.0467. The SMILES string of the molecule is COC(=O)c1ccc(COC(=O)C(C)SCc2nc3sc(C)c(C)c3c(=O)[nH]2)o1. The van der Waals surface area contributed by atoms with E-state index in [0.29, 0.717) is 27.6 Å². The van der Waals surface area contributed by atoms with Crippen molar-refractivity contribution in [2.24, 2.45) is 0 Å². The summed E-state index contributed by atoms with van der Waals surface area (Å²) in [4.78, 5) is 44.9. The number of carbonyl (C=O) groups excluding carboxylic acids is 2. The van der Waals surface area contributed by atoms with Gasteiger partial charge < -0.3 is 18.9 Å². The van der Waals surface area contributed by atoms with Gasteiger partial charge in [0.2, 0.25) is 5.76 Å². The van der Waals surface area contributed by atoms with Crippen LogP contribution in [0.15, 0.2) is 21.3 Å². The van der Waals surface area contributed by atoms with Crippen molar-refractivity contribution in [2.45, 2.75) is 38.4 Å². The fraction of sp³-hybridized carbons (Fsp3) is 0.368. The van der Waals surface area contributed by atoms with Crippen LogP contribution in [-0.4, -0.2) is 34.3 Å². The standard InChI is InChI=1S/C19H20N2O6S2/c1-9-10(2)29-17-15(9)16(22)20-14(21-17)8-28-11(3)18(23)26-7-12-5-6-13(27-12)19(24)25-4/h5-6,11H,7-8H2,1-4H3,(H,20,21,22). The Morgan fingerprint density at radius 3 is 2.83 bits per heavy atom. The number of furan rings is 1. The molecule has 0 aliphatic carbocycles. The first kappa shape index (κ1) is 21.1. The normalized spacial score (nSPS) is 12.1. The van der Waals surface area contributed by atoms with E-state index in [1.54, 1.807) is 13.0 Å². The maximum absolute atomic E-state index is 12.3. The van der Waals surface area contributed by atoms with Crippen LogP contribution in [0.4, 0.5) is 0 Å². The summed E-state index contributed by atoms with van der Waals surface area (Å²) in [6, 6.07) is 3.01. The lowest BCUT2D eigenvalue weighted by atomic mass is 10.2. The van der Waals surface area contributed by atoms with Crippen LogP contribution >= 0.6 is 23.1 Å². The second-order valence-electron chi connectivity index (χ2n) is 6.29. The quantitative estimate of drug-likeness (QED) is 0.561. The number of hydrogen-bond acceptors (Lipinski definition) is 9. The van der Waals surface area contributed by atoms with Crippen LogP contribution < -0.4 is 5.56 Å². The zero-order valence-electron chi connectivity index (χ0n) is 16.4. The molecule has 3 heterocycles. The van der Waals surface area contributed by atoms with Crippen molar-refractivity contribution < 1.29 is 23.5 Å². The van der Waals surface area contributed by atoms with Gasteiger partial charge in [-0.2, -0.15) is 0 Å². The van der Waals surface area contributed by atoms with Gasteiger partial charge >= 0.3 is 11.9 Å². The first-order valence-electron chi connectivity index (χ1n) is 8.74. The van der Waals surface area contributed by atoms with Crippen LogP contribution in [0.25, 0.3) is 10.2 Å². The Morgan fingerprint density at radius 1 is 1.34 bits per heavy atom. The predicted octanol–water partition coefficient (Wildman–Crippen LogP) is 3.35. The minimum Gasteiger partial charge on any atom is -0.463 e. The maximum Gasteiger partial charge on any atom is 0.373 e. The van der Waals surface area contributed by atoms with Gasteiger partial charge in [0.1, 0.15) is 28.3 Å². The molecule has 0 spiro atoms. The Labute approximate surface area is 174 Å². The molecule has 0 fully saturated rings. The fourth-order valence-corrected chi connectivity index (χ4v) is 4.36. The molecule has 0 radical (unpaired) electrons. The van der Waals surface area contributed by atoms with Crippen LogP contribution in [0.5, 0.6) is 0 Å². The second-order valence-corrected chi connectivity index (χ2v) is 8.83. The number of nitrogens with zero attached hydrogens (tertiary/aromatic N) is 1. The molecule has 3 aromatic heterocycles. The van der Waals surface area contributed by atoms with E-state index in [2.05, 4.69) is 14.7 Å². The summed E-state index contributed by atoms with van der Waals surface area (Å²) in [6.45, 7) is 5.49. The van der Waals surface area contributed by atoms with Crippen molar-refractivity contribution in [3.05, 3.63) is 50.3 Å². The van der Waals surface area contributed by atoms with Gasteiger partial charge in [-0.05, 0) is 38.5 Å². The van der Waals surface area contributed by atoms with Gasteiger partial charge in [0.15, 0.2) is 0 Å². The Kier molecular flexibility index (Phi) is 6.43. The number of thiophene rings is 1. The summed E-state index contributed by atoms with van der Waals surface area (Å²) in [5.74, 6) is 0.242. The van der Waals surface area contributed by atoms with E-state index >= 15 is 0 Å². The number of thioether (sulfide) groups is 1. The van der Waals surface area contributed by atoms with Gasteiger partial charge in [-0.1, -0.05) is 0 Å². The van der Waals surface area contributed by atoms with Gasteiger partial charge in [0, 0.05) is 4.88 Å².